The minimum atomic E-state index is -0.438. The highest BCUT2D eigenvalue weighted by Crippen LogP contribution is 2.39. The van der Waals surface area contributed by atoms with Crippen molar-refractivity contribution < 1.29 is 23.9 Å². The summed E-state index contributed by atoms with van der Waals surface area (Å²) >= 11 is 1.16. The number of thioether (sulfide) groups is 1. The predicted octanol–water partition coefficient (Wildman–Crippen LogP) is 5.97. The van der Waals surface area contributed by atoms with Crippen molar-refractivity contribution in [1.82, 2.24) is 0 Å². The smallest absolute Gasteiger partial charge is 0.283 e. The summed E-state index contributed by atoms with van der Waals surface area (Å²) in [4.78, 5) is 42.2. The monoisotopic (exact) mass is 549 g/mol. The lowest BCUT2D eigenvalue weighted by molar-refractivity contribution is -0.120. The highest BCUT2D eigenvalue weighted by Gasteiger charge is 2.40. The fraction of sp³-hybridized carbons (Fsp3) is 0.0645. The number of nitrogens with zero attached hydrogens (tertiary/aromatic N) is 1. The second kappa shape index (κ2) is 10.6. The van der Waals surface area contributed by atoms with Gasteiger partial charge in [-0.05, 0) is 67.6 Å². The maximum Gasteiger partial charge on any atom is 0.283 e. The van der Waals surface area contributed by atoms with Crippen molar-refractivity contribution in [3.05, 3.63) is 119 Å². The lowest BCUT2D eigenvalue weighted by Gasteiger charge is -2.15. The second-order valence-electron chi connectivity index (χ2n) is 9.13. The van der Waals surface area contributed by atoms with E-state index in [1.807, 2.05) is 55.5 Å². The molecule has 0 fully saturated rings. The van der Waals surface area contributed by atoms with E-state index in [1.54, 1.807) is 48.5 Å². The summed E-state index contributed by atoms with van der Waals surface area (Å²) in [5.74, 6) is -0.0631. The minimum absolute atomic E-state index is 0.124. The molecular formula is C31H23N3O5S. The lowest BCUT2D eigenvalue weighted by atomic mass is 10.2. The molecule has 2 N–H and O–H groups in total. The first-order chi connectivity index (χ1) is 19.5. The van der Waals surface area contributed by atoms with Crippen molar-refractivity contribution in [2.75, 3.05) is 22.3 Å². The van der Waals surface area contributed by atoms with Crippen LogP contribution in [-0.4, -0.2) is 24.5 Å². The molecule has 0 aromatic heterocycles. The van der Waals surface area contributed by atoms with Crippen molar-refractivity contribution in [2.24, 2.45) is 0 Å². The molecule has 6 rings (SSSR count). The minimum Gasteiger partial charge on any atom is -0.454 e. The van der Waals surface area contributed by atoms with Gasteiger partial charge in [-0.2, -0.15) is 0 Å². The SMILES string of the molecule is Cc1ccc(N2C(=O)C(Nc3ccccc3)=C(Sc3cccc(NC(=O)c4ccc5c(c4)OCO5)c3)C2=O)cc1. The maximum atomic E-state index is 13.6. The van der Waals surface area contributed by atoms with Gasteiger partial charge in [0.25, 0.3) is 17.7 Å². The molecule has 0 spiro atoms. The van der Waals surface area contributed by atoms with Crippen LogP contribution in [0.5, 0.6) is 11.5 Å². The molecule has 2 aliphatic heterocycles. The van der Waals surface area contributed by atoms with Gasteiger partial charge in [0, 0.05) is 21.8 Å². The Morgan fingerprint density at radius 1 is 0.800 bits per heavy atom. The fourth-order valence-electron chi connectivity index (χ4n) is 4.30. The molecule has 0 atom stereocenters. The van der Waals surface area contributed by atoms with Crippen molar-refractivity contribution in [1.29, 1.82) is 0 Å². The molecule has 0 saturated carbocycles. The van der Waals surface area contributed by atoms with Gasteiger partial charge in [0.05, 0.1) is 5.69 Å². The summed E-state index contributed by atoms with van der Waals surface area (Å²) in [5.41, 5.74) is 3.35. The Morgan fingerprint density at radius 2 is 1.55 bits per heavy atom. The third kappa shape index (κ3) is 5.02. The number of rotatable bonds is 7. The van der Waals surface area contributed by atoms with Crippen molar-refractivity contribution in [3.8, 4) is 11.5 Å². The molecule has 2 aliphatic rings. The molecular weight excluding hydrogens is 526 g/mol. The molecule has 0 aliphatic carbocycles. The molecule has 2 heterocycles. The molecule has 8 nitrogen and oxygen atoms in total. The molecule has 0 bridgehead atoms. The van der Waals surface area contributed by atoms with Crippen LogP contribution in [0.1, 0.15) is 15.9 Å². The van der Waals surface area contributed by atoms with Crippen LogP contribution in [0.4, 0.5) is 17.1 Å². The average Bonchev–Trinajstić information content (AvgIpc) is 3.52. The molecule has 9 heteroatoms. The van der Waals surface area contributed by atoms with Crippen LogP contribution in [0.25, 0.3) is 0 Å². The van der Waals surface area contributed by atoms with Gasteiger partial charge < -0.3 is 20.1 Å². The first kappa shape index (κ1) is 25.3. The van der Waals surface area contributed by atoms with E-state index in [-0.39, 0.29) is 23.3 Å². The third-order valence-corrected chi connectivity index (χ3v) is 7.40. The Morgan fingerprint density at radius 3 is 2.35 bits per heavy atom. The highest BCUT2D eigenvalue weighted by atomic mass is 32.2. The maximum absolute atomic E-state index is 13.6. The number of para-hydroxylation sites is 1. The quantitative estimate of drug-likeness (QED) is 0.274. The van der Waals surface area contributed by atoms with Gasteiger partial charge in [-0.1, -0.05) is 53.7 Å². The van der Waals surface area contributed by atoms with E-state index in [2.05, 4.69) is 10.6 Å². The van der Waals surface area contributed by atoms with Crippen molar-refractivity contribution in [3.63, 3.8) is 0 Å². The van der Waals surface area contributed by atoms with E-state index in [4.69, 9.17) is 9.47 Å². The molecule has 3 amide bonds. The summed E-state index contributed by atoms with van der Waals surface area (Å²) in [6.07, 6.45) is 0. The Bertz CT molecular complexity index is 1670. The van der Waals surface area contributed by atoms with E-state index < -0.39 is 11.8 Å². The van der Waals surface area contributed by atoms with Crippen molar-refractivity contribution in [2.45, 2.75) is 11.8 Å². The Labute approximate surface area is 234 Å². The first-order valence-corrected chi connectivity index (χ1v) is 13.3. The zero-order chi connectivity index (χ0) is 27.6. The van der Waals surface area contributed by atoms with E-state index in [0.29, 0.717) is 39.0 Å². The number of anilines is 3. The number of imide groups is 1. The third-order valence-electron chi connectivity index (χ3n) is 6.32. The number of hydrogen-bond donors (Lipinski definition) is 2. The van der Waals surface area contributed by atoms with Crippen LogP contribution in [-0.2, 0) is 9.59 Å². The second-order valence-corrected chi connectivity index (χ2v) is 10.2. The van der Waals surface area contributed by atoms with E-state index in [1.165, 1.54) is 4.90 Å². The van der Waals surface area contributed by atoms with E-state index >= 15 is 0 Å². The molecule has 198 valence electrons. The van der Waals surface area contributed by atoms with Crippen LogP contribution < -0.4 is 25.0 Å². The van der Waals surface area contributed by atoms with Crippen LogP contribution in [0.15, 0.2) is 113 Å². The summed E-state index contributed by atoms with van der Waals surface area (Å²) < 4.78 is 10.7. The van der Waals surface area contributed by atoms with Gasteiger partial charge >= 0.3 is 0 Å². The number of aryl methyl sites for hydroxylation is 1. The van der Waals surface area contributed by atoms with E-state index in [9.17, 15) is 14.4 Å². The summed E-state index contributed by atoms with van der Waals surface area (Å²) in [5, 5.41) is 6.03. The van der Waals surface area contributed by atoms with Gasteiger partial charge in [0.2, 0.25) is 6.79 Å². The molecule has 0 radical (unpaired) electrons. The number of fused-ring (bicyclic) bond motifs is 1. The van der Waals surface area contributed by atoms with E-state index in [0.717, 1.165) is 17.3 Å². The number of hydrogen-bond acceptors (Lipinski definition) is 7. The standard InChI is InChI=1S/C31H23N3O5S/c1-19-10-13-23(14-11-19)34-30(36)27(32-21-6-3-2-4-7-21)28(31(34)37)40-24-9-5-8-22(17-24)33-29(35)20-12-15-25-26(16-20)39-18-38-25/h2-17,32H,18H2,1H3,(H,33,35). The zero-order valence-electron chi connectivity index (χ0n) is 21.3. The fourth-order valence-corrected chi connectivity index (χ4v) is 5.29. The number of carbonyl (C=O) groups excluding carboxylic acids is 3. The predicted molar refractivity (Wildman–Crippen MR) is 154 cm³/mol. The molecule has 0 unspecified atom stereocenters. The van der Waals surface area contributed by atoms with Gasteiger partial charge in [-0.3, -0.25) is 14.4 Å². The largest absolute Gasteiger partial charge is 0.454 e. The topological polar surface area (TPSA) is 97.0 Å². The van der Waals surface area contributed by atoms with Gasteiger partial charge in [0.1, 0.15) is 10.6 Å². The molecule has 0 saturated heterocycles. The number of amides is 3. The Hall–Kier alpha value is -5.02. The first-order valence-electron chi connectivity index (χ1n) is 12.5. The number of carbonyl (C=O) groups is 3. The Kier molecular flexibility index (Phi) is 6.71. The molecule has 4 aromatic carbocycles. The number of ether oxygens (including phenoxy) is 2. The zero-order valence-corrected chi connectivity index (χ0v) is 22.2. The lowest BCUT2D eigenvalue weighted by Crippen LogP contribution is -2.32. The highest BCUT2D eigenvalue weighted by molar-refractivity contribution is 8.04. The van der Waals surface area contributed by atoms with Crippen LogP contribution in [0.3, 0.4) is 0 Å². The van der Waals surface area contributed by atoms with Crippen LogP contribution in [0.2, 0.25) is 0 Å². The summed E-state index contributed by atoms with van der Waals surface area (Å²) in [6, 6.07) is 28.6. The van der Waals surface area contributed by atoms with Gasteiger partial charge in [0.15, 0.2) is 11.5 Å². The van der Waals surface area contributed by atoms with Crippen LogP contribution >= 0.6 is 11.8 Å². The van der Waals surface area contributed by atoms with Gasteiger partial charge in [-0.15, -0.1) is 0 Å². The Balaban J connectivity index is 1.27. The number of nitrogens with one attached hydrogen (secondary N) is 2. The van der Waals surface area contributed by atoms with Gasteiger partial charge in [-0.25, -0.2) is 4.90 Å². The normalized spacial score (nSPS) is 14.1. The molecule has 40 heavy (non-hydrogen) atoms. The molecule has 4 aromatic rings. The number of benzene rings is 4. The average molecular weight is 550 g/mol. The summed E-state index contributed by atoms with van der Waals surface area (Å²) in [7, 11) is 0. The summed E-state index contributed by atoms with van der Waals surface area (Å²) in [6.45, 7) is 2.07. The van der Waals surface area contributed by atoms with Crippen LogP contribution in [0, 0.1) is 6.92 Å². The van der Waals surface area contributed by atoms with Crippen molar-refractivity contribution >= 4 is 46.5 Å².